The highest BCUT2D eigenvalue weighted by Gasteiger charge is 2.41. The summed E-state index contributed by atoms with van der Waals surface area (Å²) >= 11 is 3.56. The smallest absolute Gasteiger partial charge is 0.225 e. The molecule has 3 heterocycles. The predicted molar refractivity (Wildman–Crippen MR) is 130 cm³/mol. The monoisotopic (exact) mass is 513 g/mol. The normalized spacial score (nSPS) is 21.8. The number of nitrogens with one attached hydrogen (secondary N) is 2. The first-order valence-corrected chi connectivity index (χ1v) is 12.1. The number of carbonyl (C=O) groups is 1. The standard InChI is InChI=1S/C23H28BrN7O2/c1-23(21(32)26-2)6-3-15(11-23)28-22-27-12-17-19(24)30-31(20(17)29-22)16-9-13(4-7-25)18-14(10-16)5-8-33-18/h9-10,12,15H,3-8,11,25H2,1-2H3,(H,26,32)(H,27,28,29)/t15-,23-/m1/s1. The predicted octanol–water partition coefficient (Wildman–Crippen LogP) is 2.73. The third-order valence-corrected chi connectivity index (χ3v) is 7.32. The number of aromatic nitrogens is 4. The lowest BCUT2D eigenvalue weighted by atomic mass is 9.87. The van der Waals surface area contributed by atoms with Crippen LogP contribution in [0.3, 0.4) is 0 Å². The molecule has 0 bridgehead atoms. The van der Waals surface area contributed by atoms with Gasteiger partial charge in [0.05, 0.1) is 17.7 Å². The van der Waals surface area contributed by atoms with Crippen molar-refractivity contribution >= 4 is 38.8 Å². The summed E-state index contributed by atoms with van der Waals surface area (Å²) in [6.07, 6.45) is 5.85. The van der Waals surface area contributed by atoms with Crippen LogP contribution in [0, 0.1) is 5.41 Å². The lowest BCUT2D eigenvalue weighted by molar-refractivity contribution is -0.129. The van der Waals surface area contributed by atoms with Gasteiger partial charge >= 0.3 is 0 Å². The van der Waals surface area contributed by atoms with Crippen LogP contribution in [0.5, 0.6) is 5.75 Å². The van der Waals surface area contributed by atoms with Crippen molar-refractivity contribution in [1.82, 2.24) is 25.1 Å². The van der Waals surface area contributed by atoms with E-state index >= 15 is 0 Å². The molecule has 174 valence electrons. The van der Waals surface area contributed by atoms with Crippen LogP contribution in [-0.2, 0) is 17.6 Å². The maximum atomic E-state index is 12.3. The van der Waals surface area contributed by atoms with Gasteiger partial charge in [0.1, 0.15) is 10.4 Å². The lowest BCUT2D eigenvalue weighted by Gasteiger charge is -2.22. The Hall–Kier alpha value is -2.72. The second kappa shape index (κ2) is 8.57. The molecule has 0 unspecified atom stereocenters. The van der Waals surface area contributed by atoms with Gasteiger partial charge in [-0.2, -0.15) is 10.1 Å². The molecule has 0 saturated heterocycles. The number of nitrogens with two attached hydrogens (primary N) is 1. The highest BCUT2D eigenvalue weighted by atomic mass is 79.9. The molecule has 1 fully saturated rings. The van der Waals surface area contributed by atoms with Crippen molar-refractivity contribution in [2.45, 2.75) is 45.1 Å². The minimum absolute atomic E-state index is 0.0825. The summed E-state index contributed by atoms with van der Waals surface area (Å²) < 4.78 is 8.37. The van der Waals surface area contributed by atoms with Crippen LogP contribution >= 0.6 is 15.9 Å². The van der Waals surface area contributed by atoms with E-state index in [1.807, 2.05) is 11.6 Å². The van der Waals surface area contributed by atoms with Crippen LogP contribution in [0.1, 0.15) is 37.3 Å². The number of fused-ring (bicyclic) bond motifs is 2. The van der Waals surface area contributed by atoms with Gasteiger partial charge in [-0.05, 0) is 71.4 Å². The van der Waals surface area contributed by atoms with Gasteiger partial charge < -0.3 is 21.1 Å². The molecular weight excluding hydrogens is 486 g/mol. The quantitative estimate of drug-likeness (QED) is 0.463. The number of hydrogen-bond acceptors (Lipinski definition) is 7. The number of carbonyl (C=O) groups excluding carboxylic acids is 1. The summed E-state index contributed by atoms with van der Waals surface area (Å²) in [6.45, 7) is 3.25. The molecule has 3 aromatic rings. The molecule has 2 aliphatic rings. The van der Waals surface area contributed by atoms with Crippen molar-refractivity contribution in [2.75, 3.05) is 25.5 Å². The van der Waals surface area contributed by atoms with Gasteiger partial charge in [0.25, 0.3) is 0 Å². The first kappa shape index (κ1) is 22.1. The van der Waals surface area contributed by atoms with Crippen LogP contribution in [0.4, 0.5) is 5.95 Å². The van der Waals surface area contributed by atoms with Gasteiger partial charge in [-0.15, -0.1) is 0 Å². The van der Waals surface area contributed by atoms with Crippen molar-refractivity contribution in [1.29, 1.82) is 0 Å². The van der Waals surface area contributed by atoms with Gasteiger partial charge in [-0.25, -0.2) is 9.67 Å². The van der Waals surface area contributed by atoms with Crippen LogP contribution in [-0.4, -0.2) is 51.9 Å². The number of nitrogens with zero attached hydrogens (tertiary/aromatic N) is 4. The van der Waals surface area contributed by atoms with Crippen LogP contribution in [0.2, 0.25) is 0 Å². The summed E-state index contributed by atoms with van der Waals surface area (Å²) in [7, 11) is 1.69. The minimum Gasteiger partial charge on any atom is -0.493 e. The van der Waals surface area contributed by atoms with E-state index in [2.05, 4.69) is 43.7 Å². The maximum Gasteiger partial charge on any atom is 0.225 e. The molecule has 1 aliphatic heterocycles. The molecular formula is C23H28BrN7O2. The lowest BCUT2D eigenvalue weighted by Crippen LogP contribution is -2.35. The highest BCUT2D eigenvalue weighted by molar-refractivity contribution is 9.10. The molecule has 1 aromatic carbocycles. The first-order valence-electron chi connectivity index (χ1n) is 11.3. The average Bonchev–Trinajstić information content (AvgIpc) is 3.51. The van der Waals surface area contributed by atoms with Gasteiger partial charge in [0.15, 0.2) is 5.65 Å². The van der Waals surface area contributed by atoms with Crippen molar-refractivity contribution in [3.05, 3.63) is 34.1 Å². The van der Waals surface area contributed by atoms with E-state index in [1.54, 1.807) is 13.2 Å². The third kappa shape index (κ3) is 3.95. The van der Waals surface area contributed by atoms with E-state index in [0.29, 0.717) is 29.4 Å². The van der Waals surface area contributed by atoms with Gasteiger partial charge in [0, 0.05) is 31.1 Å². The summed E-state index contributed by atoms with van der Waals surface area (Å²) in [5.41, 5.74) is 9.37. The largest absolute Gasteiger partial charge is 0.493 e. The number of benzene rings is 1. The molecule has 0 spiro atoms. The van der Waals surface area contributed by atoms with Crippen molar-refractivity contribution in [2.24, 2.45) is 11.1 Å². The molecule has 2 atom stereocenters. The zero-order valence-corrected chi connectivity index (χ0v) is 20.4. The van der Waals surface area contributed by atoms with E-state index in [-0.39, 0.29) is 17.4 Å². The highest BCUT2D eigenvalue weighted by Crippen LogP contribution is 2.39. The summed E-state index contributed by atoms with van der Waals surface area (Å²) in [5.74, 6) is 1.57. The Morgan fingerprint density at radius 1 is 1.42 bits per heavy atom. The Morgan fingerprint density at radius 2 is 2.27 bits per heavy atom. The summed E-state index contributed by atoms with van der Waals surface area (Å²) in [4.78, 5) is 21.6. The molecule has 1 saturated carbocycles. The zero-order valence-electron chi connectivity index (χ0n) is 18.8. The molecule has 0 radical (unpaired) electrons. The number of amides is 1. The second-order valence-electron chi connectivity index (χ2n) is 9.09. The fourth-order valence-electron chi connectivity index (χ4n) is 5.01. The Labute approximate surface area is 200 Å². The fourth-order valence-corrected chi connectivity index (χ4v) is 5.44. The Kier molecular flexibility index (Phi) is 5.74. The number of halogens is 1. The van der Waals surface area contributed by atoms with E-state index in [9.17, 15) is 4.79 Å². The van der Waals surface area contributed by atoms with Gasteiger partial charge in [-0.1, -0.05) is 6.92 Å². The SMILES string of the molecule is CNC(=O)[C@]1(C)CC[C@@H](Nc2ncc3c(Br)nn(-c4cc(CCN)c5c(c4)CCO5)c3n2)C1. The average molecular weight is 514 g/mol. The number of anilines is 1. The number of rotatable bonds is 6. The zero-order chi connectivity index (χ0) is 23.2. The van der Waals surface area contributed by atoms with Gasteiger partial charge in [0.2, 0.25) is 11.9 Å². The molecule has 1 amide bonds. The maximum absolute atomic E-state index is 12.3. The number of ether oxygens (including phenoxy) is 1. The fraction of sp³-hybridized carbons (Fsp3) is 0.478. The molecule has 10 heteroatoms. The molecule has 5 rings (SSSR count). The van der Waals surface area contributed by atoms with Crippen molar-refractivity contribution < 1.29 is 9.53 Å². The molecule has 1 aliphatic carbocycles. The van der Waals surface area contributed by atoms with Gasteiger partial charge in [-0.3, -0.25) is 4.79 Å². The molecule has 4 N–H and O–H groups in total. The molecule has 33 heavy (non-hydrogen) atoms. The van der Waals surface area contributed by atoms with E-state index < -0.39 is 0 Å². The second-order valence-corrected chi connectivity index (χ2v) is 9.84. The van der Waals surface area contributed by atoms with E-state index in [0.717, 1.165) is 54.5 Å². The first-order chi connectivity index (χ1) is 15.9. The Bertz CT molecular complexity index is 1230. The Morgan fingerprint density at radius 3 is 3.06 bits per heavy atom. The van der Waals surface area contributed by atoms with E-state index in [4.69, 9.17) is 20.6 Å². The molecule has 2 aromatic heterocycles. The summed E-state index contributed by atoms with van der Waals surface area (Å²) in [6, 6.07) is 4.33. The minimum atomic E-state index is -0.368. The number of hydrogen-bond donors (Lipinski definition) is 3. The topological polar surface area (TPSA) is 120 Å². The third-order valence-electron chi connectivity index (χ3n) is 6.73. The molecule has 9 nitrogen and oxygen atoms in total. The Balaban J connectivity index is 1.48. The van der Waals surface area contributed by atoms with Crippen LogP contribution in [0.15, 0.2) is 22.9 Å². The van der Waals surface area contributed by atoms with Crippen molar-refractivity contribution in [3.63, 3.8) is 0 Å². The van der Waals surface area contributed by atoms with E-state index in [1.165, 1.54) is 5.56 Å². The van der Waals surface area contributed by atoms with Crippen LogP contribution in [0.25, 0.3) is 16.7 Å². The van der Waals surface area contributed by atoms with Crippen molar-refractivity contribution in [3.8, 4) is 11.4 Å². The summed E-state index contributed by atoms with van der Waals surface area (Å²) in [5, 5.41) is 11.7. The van der Waals surface area contributed by atoms with Crippen LogP contribution < -0.4 is 21.1 Å².